The molecular formula is C13H13F3N4O. The largest absolute Gasteiger partial charge is 0.507 e. The monoisotopic (exact) mass is 298 g/mol. The minimum Gasteiger partial charge on any atom is -0.312 e. The first-order valence-corrected chi connectivity index (χ1v) is 6.58. The Hall–Kier alpha value is -1.96. The number of aromatic nitrogens is 1. The molecule has 2 unspecified atom stereocenters. The molecule has 0 aromatic carbocycles. The highest BCUT2D eigenvalue weighted by molar-refractivity contribution is 6.09. The smallest absolute Gasteiger partial charge is 0.312 e. The highest BCUT2D eigenvalue weighted by atomic mass is 19.4. The van der Waals surface area contributed by atoms with Crippen LogP contribution in [0.3, 0.4) is 0 Å². The number of halogens is 3. The fourth-order valence-corrected chi connectivity index (χ4v) is 2.74. The molecule has 1 fully saturated rings. The number of hydrogen-bond acceptors (Lipinski definition) is 4. The fourth-order valence-electron chi connectivity index (χ4n) is 2.74. The molecule has 1 saturated heterocycles. The maximum atomic E-state index is 12.8. The van der Waals surface area contributed by atoms with Gasteiger partial charge in [0.15, 0.2) is 0 Å². The lowest BCUT2D eigenvalue weighted by Gasteiger charge is -2.29. The van der Waals surface area contributed by atoms with Crippen LogP contribution in [-0.4, -0.2) is 40.5 Å². The fraction of sp³-hybridized carbons (Fsp3) is 0.462. The summed E-state index contributed by atoms with van der Waals surface area (Å²) in [5, 5.41) is 6.23. The molecular weight excluding hydrogens is 285 g/mol. The Balaban J connectivity index is 1.82. The zero-order valence-corrected chi connectivity index (χ0v) is 11.0. The Bertz CT molecular complexity index is 573. The highest BCUT2D eigenvalue weighted by Gasteiger charge is 2.52. The van der Waals surface area contributed by atoms with E-state index in [9.17, 15) is 18.0 Å². The minimum atomic E-state index is -4.77. The number of nitrogens with one attached hydrogen (secondary N) is 1. The maximum Gasteiger partial charge on any atom is 0.507 e. The van der Waals surface area contributed by atoms with Gasteiger partial charge in [-0.15, -0.1) is 18.2 Å². The molecule has 2 aliphatic heterocycles. The summed E-state index contributed by atoms with van der Waals surface area (Å²) in [6.45, 7) is 0.506. The maximum absolute atomic E-state index is 12.8. The van der Waals surface area contributed by atoms with Gasteiger partial charge in [-0.25, -0.2) is 0 Å². The Morgan fingerprint density at radius 3 is 2.86 bits per heavy atom. The van der Waals surface area contributed by atoms with Crippen molar-refractivity contribution in [1.29, 1.82) is 0 Å². The van der Waals surface area contributed by atoms with Crippen molar-refractivity contribution in [2.24, 2.45) is 11.0 Å². The molecule has 1 aromatic heterocycles. The predicted molar refractivity (Wildman–Crippen MR) is 68.2 cm³/mol. The standard InChI is InChI=1S/C13H13F3N4O/c14-13(15,16)20-12(21)11-9(19-20)4-6-18-10(11)7-8-3-1-2-5-17-8/h1-3,5,10-11,18H,4,6-7H2. The third-order valence-electron chi connectivity index (χ3n) is 3.65. The van der Waals surface area contributed by atoms with E-state index >= 15 is 0 Å². The van der Waals surface area contributed by atoms with Gasteiger partial charge in [-0.3, -0.25) is 9.78 Å². The van der Waals surface area contributed by atoms with Gasteiger partial charge >= 0.3 is 6.30 Å². The van der Waals surface area contributed by atoms with Gasteiger partial charge in [0, 0.05) is 37.3 Å². The van der Waals surface area contributed by atoms with Gasteiger partial charge in [0.1, 0.15) is 0 Å². The molecule has 0 bridgehead atoms. The normalized spacial score (nSPS) is 25.8. The van der Waals surface area contributed by atoms with Gasteiger partial charge in [0.2, 0.25) is 0 Å². The van der Waals surface area contributed by atoms with Crippen molar-refractivity contribution in [3.8, 4) is 0 Å². The second-order valence-corrected chi connectivity index (χ2v) is 5.02. The number of piperidine rings is 1. The van der Waals surface area contributed by atoms with Crippen molar-refractivity contribution in [2.45, 2.75) is 25.2 Å². The number of nitrogens with zero attached hydrogens (tertiary/aromatic N) is 3. The van der Waals surface area contributed by atoms with Gasteiger partial charge in [-0.2, -0.15) is 5.10 Å². The Morgan fingerprint density at radius 1 is 1.38 bits per heavy atom. The van der Waals surface area contributed by atoms with Crippen molar-refractivity contribution in [3.05, 3.63) is 30.1 Å². The molecule has 8 heteroatoms. The summed E-state index contributed by atoms with van der Waals surface area (Å²) in [5.74, 6) is -1.87. The molecule has 5 nitrogen and oxygen atoms in total. The number of fused-ring (bicyclic) bond motifs is 1. The van der Waals surface area contributed by atoms with E-state index in [0.29, 0.717) is 25.1 Å². The number of alkyl halides is 3. The summed E-state index contributed by atoms with van der Waals surface area (Å²) in [4.78, 5) is 16.2. The molecule has 2 aliphatic rings. The highest BCUT2D eigenvalue weighted by Crippen LogP contribution is 2.33. The number of amides is 1. The van der Waals surface area contributed by atoms with Crippen LogP contribution >= 0.6 is 0 Å². The second-order valence-electron chi connectivity index (χ2n) is 5.02. The van der Waals surface area contributed by atoms with Crippen LogP contribution in [0.15, 0.2) is 29.5 Å². The molecule has 0 saturated carbocycles. The molecule has 1 N–H and O–H groups in total. The summed E-state index contributed by atoms with van der Waals surface area (Å²) >= 11 is 0. The Kier molecular flexibility index (Phi) is 3.40. The van der Waals surface area contributed by atoms with Crippen molar-refractivity contribution in [2.75, 3.05) is 6.54 Å². The quantitative estimate of drug-likeness (QED) is 0.838. The molecule has 0 radical (unpaired) electrons. The number of carbonyl (C=O) groups is 1. The molecule has 2 atom stereocenters. The summed E-state index contributed by atoms with van der Waals surface area (Å²) in [6.07, 6.45) is -2.41. The van der Waals surface area contributed by atoms with Crippen LogP contribution in [0.4, 0.5) is 13.2 Å². The predicted octanol–water partition coefficient (Wildman–Crippen LogP) is 1.32. The van der Waals surface area contributed by atoms with E-state index in [4.69, 9.17) is 0 Å². The molecule has 1 amide bonds. The SMILES string of the molecule is O=C1C2C(=NN1C(F)(F)F)CCNC2Cc1ccccn1. The average Bonchev–Trinajstić information content (AvgIpc) is 2.78. The zero-order valence-electron chi connectivity index (χ0n) is 11.0. The van der Waals surface area contributed by atoms with Crippen molar-refractivity contribution < 1.29 is 18.0 Å². The van der Waals surface area contributed by atoms with Crippen LogP contribution in [0.1, 0.15) is 12.1 Å². The van der Waals surface area contributed by atoms with E-state index in [1.54, 1.807) is 24.4 Å². The lowest BCUT2D eigenvalue weighted by Crippen LogP contribution is -2.51. The Morgan fingerprint density at radius 2 is 2.19 bits per heavy atom. The van der Waals surface area contributed by atoms with Crippen LogP contribution < -0.4 is 5.32 Å². The van der Waals surface area contributed by atoms with Crippen molar-refractivity contribution in [3.63, 3.8) is 0 Å². The van der Waals surface area contributed by atoms with E-state index in [2.05, 4.69) is 15.4 Å². The third-order valence-corrected chi connectivity index (χ3v) is 3.65. The van der Waals surface area contributed by atoms with Gasteiger partial charge in [-0.1, -0.05) is 6.07 Å². The summed E-state index contributed by atoms with van der Waals surface area (Å²) in [6, 6.07) is 4.94. The van der Waals surface area contributed by atoms with E-state index in [1.165, 1.54) is 0 Å². The molecule has 112 valence electrons. The minimum absolute atomic E-state index is 0.303. The molecule has 1 aromatic rings. The van der Waals surface area contributed by atoms with Gasteiger partial charge in [-0.05, 0) is 12.1 Å². The molecule has 0 aliphatic carbocycles. The first kappa shape index (κ1) is 14.0. The number of pyridine rings is 1. The van der Waals surface area contributed by atoms with E-state index in [1.807, 2.05) is 0 Å². The van der Waals surface area contributed by atoms with Crippen LogP contribution in [0, 0.1) is 5.92 Å². The van der Waals surface area contributed by atoms with Crippen molar-refractivity contribution >= 4 is 11.6 Å². The number of hydrogen-bond donors (Lipinski definition) is 1. The first-order chi connectivity index (χ1) is 9.97. The lowest BCUT2D eigenvalue weighted by atomic mass is 9.86. The average molecular weight is 298 g/mol. The van der Waals surface area contributed by atoms with Crippen LogP contribution in [-0.2, 0) is 11.2 Å². The van der Waals surface area contributed by atoms with E-state index in [0.717, 1.165) is 5.69 Å². The summed E-state index contributed by atoms with van der Waals surface area (Å²) in [7, 11) is 0. The van der Waals surface area contributed by atoms with Gasteiger partial charge in [0.25, 0.3) is 5.91 Å². The number of hydrazone groups is 1. The van der Waals surface area contributed by atoms with E-state index < -0.39 is 24.2 Å². The molecule has 21 heavy (non-hydrogen) atoms. The zero-order chi connectivity index (χ0) is 15.0. The van der Waals surface area contributed by atoms with Gasteiger partial charge in [0.05, 0.1) is 11.6 Å². The van der Waals surface area contributed by atoms with Crippen LogP contribution in [0.5, 0.6) is 0 Å². The topological polar surface area (TPSA) is 57.6 Å². The summed E-state index contributed by atoms with van der Waals surface area (Å²) < 4.78 is 38.3. The molecule has 3 rings (SSSR count). The first-order valence-electron chi connectivity index (χ1n) is 6.58. The Labute approximate surface area is 118 Å². The molecule has 0 spiro atoms. The summed E-state index contributed by atoms with van der Waals surface area (Å²) in [5.41, 5.74) is 1.03. The second kappa shape index (κ2) is 5.10. The molecule has 3 heterocycles. The number of carbonyl (C=O) groups excluding carboxylic acids is 1. The van der Waals surface area contributed by atoms with E-state index in [-0.39, 0.29) is 5.01 Å². The van der Waals surface area contributed by atoms with Crippen molar-refractivity contribution in [1.82, 2.24) is 15.3 Å². The van der Waals surface area contributed by atoms with Crippen LogP contribution in [0.2, 0.25) is 0 Å². The van der Waals surface area contributed by atoms with Gasteiger partial charge < -0.3 is 5.32 Å². The third kappa shape index (κ3) is 2.63. The van der Waals surface area contributed by atoms with Crippen LogP contribution in [0.25, 0.3) is 0 Å². The lowest BCUT2D eigenvalue weighted by molar-refractivity contribution is -0.239. The number of rotatable bonds is 2.